The summed E-state index contributed by atoms with van der Waals surface area (Å²) in [7, 11) is 0. The minimum absolute atomic E-state index is 0.0194. The van der Waals surface area contributed by atoms with Crippen molar-refractivity contribution in [2.24, 2.45) is 0 Å². The van der Waals surface area contributed by atoms with Crippen LogP contribution in [0.15, 0.2) is 42.5 Å². The Morgan fingerprint density at radius 1 is 1.14 bits per heavy atom. The molecule has 112 valence electrons. The van der Waals surface area contributed by atoms with Crippen molar-refractivity contribution in [3.05, 3.63) is 80.4 Å². The van der Waals surface area contributed by atoms with Gasteiger partial charge in [0.05, 0.1) is 4.92 Å². The first kappa shape index (κ1) is 15.8. The molecule has 0 fully saturated rings. The lowest BCUT2D eigenvalue weighted by Gasteiger charge is -1.99. The van der Waals surface area contributed by atoms with Crippen LogP contribution >= 0.6 is 11.6 Å². The van der Waals surface area contributed by atoms with Crippen LogP contribution in [-0.4, -0.2) is 10.7 Å². The number of nitro groups is 1. The molecule has 0 aliphatic heterocycles. The van der Waals surface area contributed by atoms with Crippen molar-refractivity contribution in [3.8, 4) is 0 Å². The first-order chi connectivity index (χ1) is 10.4. The molecular formula is C15H8ClF2NO3. The fourth-order valence-electron chi connectivity index (χ4n) is 1.69. The number of nitro benzene ring substituents is 1. The van der Waals surface area contributed by atoms with E-state index in [1.54, 1.807) is 0 Å². The minimum atomic E-state index is -1.12. The predicted molar refractivity (Wildman–Crippen MR) is 77.8 cm³/mol. The molecule has 2 aromatic carbocycles. The molecule has 22 heavy (non-hydrogen) atoms. The van der Waals surface area contributed by atoms with E-state index in [9.17, 15) is 23.7 Å². The van der Waals surface area contributed by atoms with Crippen molar-refractivity contribution >= 4 is 29.1 Å². The van der Waals surface area contributed by atoms with Gasteiger partial charge in [-0.05, 0) is 35.9 Å². The largest absolute Gasteiger partial charge is 0.289 e. The minimum Gasteiger partial charge on any atom is -0.289 e. The molecule has 0 bridgehead atoms. The number of allylic oxidation sites excluding steroid dienone is 1. The Labute approximate surface area is 128 Å². The van der Waals surface area contributed by atoms with E-state index >= 15 is 0 Å². The van der Waals surface area contributed by atoms with Crippen molar-refractivity contribution in [1.29, 1.82) is 0 Å². The summed E-state index contributed by atoms with van der Waals surface area (Å²) >= 11 is 5.67. The third-order valence-electron chi connectivity index (χ3n) is 2.80. The average Bonchev–Trinajstić information content (AvgIpc) is 2.48. The molecule has 4 nitrogen and oxygen atoms in total. The topological polar surface area (TPSA) is 60.2 Å². The van der Waals surface area contributed by atoms with Gasteiger partial charge in [0.1, 0.15) is 5.02 Å². The quantitative estimate of drug-likeness (QED) is 0.362. The fourth-order valence-corrected chi connectivity index (χ4v) is 1.88. The summed E-state index contributed by atoms with van der Waals surface area (Å²) in [5.74, 6) is -2.73. The highest BCUT2D eigenvalue weighted by Gasteiger charge is 2.12. The van der Waals surface area contributed by atoms with Gasteiger partial charge in [0.15, 0.2) is 17.4 Å². The molecule has 0 aliphatic carbocycles. The molecule has 0 amide bonds. The van der Waals surface area contributed by atoms with E-state index in [1.807, 2.05) is 0 Å². The Hall–Kier alpha value is -2.60. The van der Waals surface area contributed by atoms with Crippen LogP contribution < -0.4 is 0 Å². The first-order valence-electron chi connectivity index (χ1n) is 6.00. The average molecular weight is 324 g/mol. The highest BCUT2D eigenvalue weighted by atomic mass is 35.5. The van der Waals surface area contributed by atoms with Crippen molar-refractivity contribution < 1.29 is 18.5 Å². The molecule has 0 radical (unpaired) electrons. The van der Waals surface area contributed by atoms with Gasteiger partial charge in [0, 0.05) is 11.6 Å². The van der Waals surface area contributed by atoms with Crippen LogP contribution in [0.25, 0.3) is 6.08 Å². The van der Waals surface area contributed by atoms with Gasteiger partial charge in [-0.15, -0.1) is 0 Å². The second-order valence-corrected chi connectivity index (χ2v) is 4.70. The van der Waals surface area contributed by atoms with E-state index in [1.165, 1.54) is 24.3 Å². The Morgan fingerprint density at radius 2 is 1.86 bits per heavy atom. The summed E-state index contributed by atoms with van der Waals surface area (Å²) in [4.78, 5) is 21.9. The summed E-state index contributed by atoms with van der Waals surface area (Å²) in [5, 5.41) is 10.7. The summed E-state index contributed by atoms with van der Waals surface area (Å²) in [6.07, 6.45) is 2.44. The maximum absolute atomic E-state index is 13.0. The standard InChI is InChI=1S/C15H8ClF2NO3/c16-11-4-1-9(7-14(11)19(21)22)2-6-15(20)10-3-5-12(17)13(18)8-10/h1-8H. The zero-order valence-corrected chi connectivity index (χ0v) is 11.7. The van der Waals surface area contributed by atoms with Crippen molar-refractivity contribution in [1.82, 2.24) is 0 Å². The van der Waals surface area contributed by atoms with Crippen LogP contribution in [-0.2, 0) is 0 Å². The molecule has 7 heteroatoms. The van der Waals surface area contributed by atoms with Gasteiger partial charge in [0.25, 0.3) is 5.69 Å². The summed E-state index contributed by atoms with van der Waals surface area (Å²) in [5.41, 5.74) is 0.0646. The van der Waals surface area contributed by atoms with Gasteiger partial charge in [-0.3, -0.25) is 14.9 Å². The Bertz CT molecular complexity index is 790. The van der Waals surface area contributed by atoms with Gasteiger partial charge in [0.2, 0.25) is 0 Å². The molecule has 2 rings (SSSR count). The van der Waals surface area contributed by atoms with Crippen LogP contribution in [0.4, 0.5) is 14.5 Å². The number of ketones is 1. The van der Waals surface area contributed by atoms with Crippen LogP contribution in [0.2, 0.25) is 5.02 Å². The second kappa shape index (κ2) is 6.44. The van der Waals surface area contributed by atoms with Crippen LogP contribution in [0, 0.1) is 21.7 Å². The van der Waals surface area contributed by atoms with Crippen LogP contribution in [0.1, 0.15) is 15.9 Å². The molecule has 0 unspecified atom stereocenters. The second-order valence-electron chi connectivity index (χ2n) is 4.29. The normalized spacial score (nSPS) is 10.9. The summed E-state index contributed by atoms with van der Waals surface area (Å²) < 4.78 is 25.8. The zero-order chi connectivity index (χ0) is 16.3. The first-order valence-corrected chi connectivity index (χ1v) is 6.37. The lowest BCUT2D eigenvalue weighted by Crippen LogP contribution is -1.96. The fraction of sp³-hybridized carbons (Fsp3) is 0. The van der Waals surface area contributed by atoms with E-state index in [0.717, 1.165) is 24.3 Å². The van der Waals surface area contributed by atoms with Crippen molar-refractivity contribution in [2.45, 2.75) is 0 Å². The van der Waals surface area contributed by atoms with E-state index in [0.29, 0.717) is 5.56 Å². The molecule has 0 aliphatic rings. The Kier molecular flexibility index (Phi) is 4.62. The zero-order valence-electron chi connectivity index (χ0n) is 10.9. The summed E-state index contributed by atoms with van der Waals surface area (Å²) in [6, 6.07) is 6.81. The monoisotopic (exact) mass is 323 g/mol. The molecule has 2 aromatic rings. The molecular weight excluding hydrogens is 316 g/mol. The van der Waals surface area contributed by atoms with Gasteiger partial charge >= 0.3 is 0 Å². The number of hydrogen-bond donors (Lipinski definition) is 0. The Morgan fingerprint density at radius 3 is 2.50 bits per heavy atom. The molecule has 0 N–H and O–H groups in total. The van der Waals surface area contributed by atoms with Crippen molar-refractivity contribution in [3.63, 3.8) is 0 Å². The van der Waals surface area contributed by atoms with E-state index in [2.05, 4.69) is 0 Å². The highest BCUT2D eigenvalue weighted by molar-refractivity contribution is 6.32. The molecule has 0 atom stereocenters. The number of carbonyl (C=O) groups excluding carboxylic acids is 1. The predicted octanol–water partition coefficient (Wildman–Crippen LogP) is 4.42. The van der Waals surface area contributed by atoms with Crippen LogP contribution in [0.3, 0.4) is 0 Å². The van der Waals surface area contributed by atoms with Gasteiger partial charge in [-0.25, -0.2) is 8.78 Å². The molecule has 0 saturated heterocycles. The molecule has 0 heterocycles. The number of hydrogen-bond acceptors (Lipinski definition) is 3. The van der Waals surface area contributed by atoms with E-state index in [-0.39, 0.29) is 16.3 Å². The Balaban J connectivity index is 2.24. The molecule has 0 aromatic heterocycles. The third kappa shape index (κ3) is 3.53. The number of rotatable bonds is 4. The van der Waals surface area contributed by atoms with Crippen LogP contribution in [0.5, 0.6) is 0 Å². The van der Waals surface area contributed by atoms with E-state index in [4.69, 9.17) is 11.6 Å². The number of nitrogens with zero attached hydrogens (tertiary/aromatic N) is 1. The maximum atomic E-state index is 13.0. The molecule has 0 spiro atoms. The number of carbonyl (C=O) groups is 1. The lowest BCUT2D eigenvalue weighted by atomic mass is 10.1. The maximum Gasteiger partial charge on any atom is 0.288 e. The van der Waals surface area contributed by atoms with Gasteiger partial charge < -0.3 is 0 Å². The van der Waals surface area contributed by atoms with Crippen molar-refractivity contribution in [2.75, 3.05) is 0 Å². The summed E-state index contributed by atoms with van der Waals surface area (Å²) in [6.45, 7) is 0. The highest BCUT2D eigenvalue weighted by Crippen LogP contribution is 2.25. The lowest BCUT2D eigenvalue weighted by molar-refractivity contribution is -0.384. The number of halogens is 3. The van der Waals surface area contributed by atoms with E-state index < -0.39 is 22.3 Å². The third-order valence-corrected chi connectivity index (χ3v) is 3.12. The number of benzene rings is 2. The molecule has 0 saturated carbocycles. The van der Waals surface area contributed by atoms with Gasteiger partial charge in [-0.1, -0.05) is 23.7 Å². The van der Waals surface area contributed by atoms with Gasteiger partial charge in [-0.2, -0.15) is 0 Å². The smallest absolute Gasteiger partial charge is 0.288 e. The SMILES string of the molecule is O=C(C=Cc1ccc(Cl)c([N+](=O)[O-])c1)c1ccc(F)c(F)c1.